The number of ether oxygens (including phenoxy) is 1. The predicted octanol–water partition coefficient (Wildman–Crippen LogP) is 2.81. The monoisotopic (exact) mass is 362 g/mol. The van der Waals surface area contributed by atoms with Gasteiger partial charge in [0.05, 0.1) is 6.61 Å². The zero-order chi connectivity index (χ0) is 18.4. The van der Waals surface area contributed by atoms with Gasteiger partial charge in [-0.15, -0.1) is 0 Å². The number of nitrogens with zero attached hydrogens (tertiary/aromatic N) is 1. The van der Waals surface area contributed by atoms with Crippen molar-refractivity contribution in [3.05, 3.63) is 54.1 Å². The highest BCUT2D eigenvalue weighted by Gasteiger charge is 2.16. The van der Waals surface area contributed by atoms with Gasteiger partial charge in [-0.3, -0.25) is 0 Å². The lowest BCUT2D eigenvalue weighted by Crippen LogP contribution is -2.27. The van der Waals surface area contributed by atoms with Crippen LogP contribution in [0.1, 0.15) is 5.56 Å². The fourth-order valence-electron chi connectivity index (χ4n) is 2.15. The largest absolute Gasteiger partial charge is 0.492 e. The second-order valence-corrected chi connectivity index (χ2v) is 7.83. The lowest BCUT2D eigenvalue weighted by atomic mass is 10.2. The molecule has 0 heterocycles. The van der Waals surface area contributed by atoms with Crippen LogP contribution < -0.4 is 10.1 Å². The molecule has 7 heteroatoms. The van der Waals surface area contributed by atoms with Crippen LogP contribution in [0.4, 0.5) is 10.5 Å². The van der Waals surface area contributed by atoms with Crippen molar-refractivity contribution < 1.29 is 17.9 Å². The van der Waals surface area contributed by atoms with Gasteiger partial charge in [0.1, 0.15) is 10.6 Å². The van der Waals surface area contributed by atoms with Gasteiger partial charge in [0, 0.05) is 32.5 Å². The number of sulfone groups is 1. The molecule has 1 N–H and O–H groups in total. The van der Waals surface area contributed by atoms with Crippen molar-refractivity contribution in [2.75, 3.05) is 32.3 Å². The number of hydrogen-bond donors (Lipinski definition) is 1. The first-order chi connectivity index (χ1) is 11.8. The van der Waals surface area contributed by atoms with E-state index in [-0.39, 0.29) is 16.7 Å². The number of benzene rings is 2. The van der Waals surface area contributed by atoms with Gasteiger partial charge in [-0.1, -0.05) is 30.3 Å². The lowest BCUT2D eigenvalue weighted by molar-refractivity contribution is 0.230. The van der Waals surface area contributed by atoms with E-state index in [1.54, 1.807) is 26.2 Å². The number of hydrogen-bond acceptors (Lipinski definition) is 4. The smallest absolute Gasteiger partial charge is 0.321 e. The Labute approximate surface area is 148 Å². The van der Waals surface area contributed by atoms with Crippen LogP contribution in [0.2, 0.25) is 0 Å². The van der Waals surface area contributed by atoms with Gasteiger partial charge in [0.25, 0.3) is 0 Å². The van der Waals surface area contributed by atoms with Gasteiger partial charge in [0.2, 0.25) is 0 Å². The minimum absolute atomic E-state index is 0.0529. The third kappa shape index (κ3) is 5.49. The summed E-state index contributed by atoms with van der Waals surface area (Å²) in [4.78, 5) is 13.1. The first-order valence-corrected chi connectivity index (χ1v) is 9.65. The molecule has 0 atom stereocenters. The summed E-state index contributed by atoms with van der Waals surface area (Å²) in [5.74, 6) is 0.279. The number of anilines is 1. The summed E-state index contributed by atoms with van der Waals surface area (Å²) in [7, 11) is -0.287. The van der Waals surface area contributed by atoms with Gasteiger partial charge >= 0.3 is 6.03 Å². The summed E-state index contributed by atoms with van der Waals surface area (Å²) in [5.41, 5.74) is 1.51. The molecule has 0 bridgehead atoms. The maximum atomic E-state index is 12.1. The van der Waals surface area contributed by atoms with Gasteiger partial charge in [-0.05, 0) is 23.8 Å². The molecule has 0 radical (unpaired) electrons. The molecule has 0 aliphatic rings. The molecule has 2 amide bonds. The maximum Gasteiger partial charge on any atom is 0.321 e. The zero-order valence-corrected chi connectivity index (χ0v) is 15.3. The number of urea groups is 1. The average molecular weight is 362 g/mol. The molecule has 0 spiro atoms. The zero-order valence-electron chi connectivity index (χ0n) is 14.5. The SMILES string of the molecule is CN(C)C(=O)Nc1ccc(OCCc2ccccc2)c(S(C)(=O)=O)c1. The molecule has 0 aliphatic carbocycles. The molecule has 0 fully saturated rings. The number of rotatable bonds is 6. The Morgan fingerprint density at radius 1 is 1.12 bits per heavy atom. The van der Waals surface area contributed by atoms with Crippen LogP contribution in [0.25, 0.3) is 0 Å². The summed E-state index contributed by atoms with van der Waals surface area (Å²) in [6, 6.07) is 14.1. The van der Waals surface area contributed by atoms with Crippen LogP contribution in [0.3, 0.4) is 0 Å². The van der Waals surface area contributed by atoms with Crippen molar-refractivity contribution in [2.24, 2.45) is 0 Å². The van der Waals surface area contributed by atoms with E-state index in [4.69, 9.17) is 4.74 Å². The van der Waals surface area contributed by atoms with Crippen LogP contribution in [-0.4, -0.2) is 46.3 Å². The van der Waals surface area contributed by atoms with E-state index in [1.165, 1.54) is 11.0 Å². The molecule has 0 unspecified atom stereocenters. The van der Waals surface area contributed by atoms with E-state index < -0.39 is 9.84 Å². The third-order valence-electron chi connectivity index (χ3n) is 3.49. The van der Waals surface area contributed by atoms with Gasteiger partial charge in [0.15, 0.2) is 9.84 Å². The topological polar surface area (TPSA) is 75.7 Å². The molecule has 0 saturated carbocycles. The molecule has 2 rings (SSSR count). The Bertz CT molecular complexity index is 833. The average Bonchev–Trinajstić information content (AvgIpc) is 2.56. The molecular weight excluding hydrogens is 340 g/mol. The Morgan fingerprint density at radius 3 is 2.40 bits per heavy atom. The summed E-state index contributed by atoms with van der Waals surface area (Å²) >= 11 is 0. The Balaban J connectivity index is 2.15. The Hall–Kier alpha value is -2.54. The first kappa shape index (κ1) is 18.8. The number of amides is 2. The van der Waals surface area contributed by atoms with Crippen molar-refractivity contribution in [2.45, 2.75) is 11.3 Å². The highest BCUT2D eigenvalue weighted by Crippen LogP contribution is 2.27. The first-order valence-electron chi connectivity index (χ1n) is 7.76. The van der Waals surface area contributed by atoms with Gasteiger partial charge in [-0.25, -0.2) is 13.2 Å². The van der Waals surface area contributed by atoms with E-state index in [9.17, 15) is 13.2 Å². The lowest BCUT2D eigenvalue weighted by Gasteiger charge is -2.15. The van der Waals surface area contributed by atoms with Crippen molar-refractivity contribution >= 4 is 21.6 Å². The Kier molecular flexibility index (Phi) is 6.03. The molecule has 0 saturated heterocycles. The fourth-order valence-corrected chi connectivity index (χ4v) is 2.99. The molecule has 6 nitrogen and oxygen atoms in total. The highest BCUT2D eigenvalue weighted by molar-refractivity contribution is 7.90. The summed E-state index contributed by atoms with van der Waals surface area (Å²) in [6.07, 6.45) is 1.78. The van der Waals surface area contributed by atoms with Crippen LogP contribution in [0.5, 0.6) is 5.75 Å². The van der Waals surface area contributed by atoms with Gasteiger partial charge in [-0.2, -0.15) is 0 Å². The molecule has 134 valence electrons. The maximum absolute atomic E-state index is 12.1. The number of nitrogens with one attached hydrogen (secondary N) is 1. The predicted molar refractivity (Wildman–Crippen MR) is 97.9 cm³/mol. The van der Waals surface area contributed by atoms with Crippen molar-refractivity contribution in [1.82, 2.24) is 4.90 Å². The molecule has 25 heavy (non-hydrogen) atoms. The van der Waals surface area contributed by atoms with E-state index in [0.29, 0.717) is 18.7 Å². The normalized spacial score (nSPS) is 11.0. The number of carbonyl (C=O) groups excluding carboxylic acids is 1. The quantitative estimate of drug-likeness (QED) is 0.857. The van der Waals surface area contributed by atoms with Crippen molar-refractivity contribution in [3.63, 3.8) is 0 Å². The van der Waals surface area contributed by atoms with E-state index >= 15 is 0 Å². The van der Waals surface area contributed by atoms with E-state index in [1.807, 2.05) is 30.3 Å². The Morgan fingerprint density at radius 2 is 1.80 bits per heavy atom. The molecule has 0 aliphatic heterocycles. The molecule has 2 aromatic carbocycles. The molecule has 0 aromatic heterocycles. The highest BCUT2D eigenvalue weighted by atomic mass is 32.2. The number of carbonyl (C=O) groups is 1. The molecule has 2 aromatic rings. The summed E-state index contributed by atoms with van der Waals surface area (Å²) < 4.78 is 29.8. The van der Waals surface area contributed by atoms with Gasteiger partial charge < -0.3 is 15.0 Å². The second kappa shape index (κ2) is 8.02. The van der Waals surface area contributed by atoms with E-state index in [0.717, 1.165) is 11.8 Å². The minimum Gasteiger partial charge on any atom is -0.492 e. The second-order valence-electron chi connectivity index (χ2n) is 5.84. The summed E-state index contributed by atoms with van der Waals surface area (Å²) in [6.45, 7) is 0.357. The minimum atomic E-state index is -3.50. The van der Waals surface area contributed by atoms with E-state index in [2.05, 4.69) is 5.32 Å². The van der Waals surface area contributed by atoms with Crippen LogP contribution in [0.15, 0.2) is 53.4 Å². The third-order valence-corrected chi connectivity index (χ3v) is 4.61. The van der Waals surface area contributed by atoms with Crippen LogP contribution in [-0.2, 0) is 16.3 Å². The summed E-state index contributed by atoms with van der Waals surface area (Å²) in [5, 5.41) is 2.63. The van der Waals surface area contributed by atoms with Crippen LogP contribution >= 0.6 is 0 Å². The fraction of sp³-hybridized carbons (Fsp3) is 0.278. The molecular formula is C18H22N2O4S. The standard InChI is InChI=1S/C18H22N2O4S/c1-20(2)18(21)19-15-9-10-16(17(13-15)25(3,22)23)24-12-11-14-7-5-4-6-8-14/h4-10,13H,11-12H2,1-3H3,(H,19,21). The van der Waals surface area contributed by atoms with Crippen molar-refractivity contribution in [3.8, 4) is 5.75 Å². The van der Waals surface area contributed by atoms with Crippen LogP contribution in [0, 0.1) is 0 Å². The van der Waals surface area contributed by atoms with Crippen molar-refractivity contribution in [1.29, 1.82) is 0 Å².